The molecule has 1 heterocycles. The average Bonchev–Trinajstić information content (AvgIpc) is 2.39. The van der Waals surface area contributed by atoms with Gasteiger partial charge in [0.05, 0.1) is 10.7 Å². The molecule has 1 N–H and O–H groups in total. The summed E-state index contributed by atoms with van der Waals surface area (Å²) in [6.07, 6.45) is 2.38. The molecule has 0 aliphatic rings. The molecule has 0 fully saturated rings. The first-order valence-corrected chi connectivity index (χ1v) is 6.96. The maximum Gasteiger partial charge on any atom is 0.133 e. The Kier molecular flexibility index (Phi) is 4.61. The molecular formula is C14H15Cl2N3. The highest BCUT2D eigenvalue weighted by Crippen LogP contribution is 2.33. The lowest BCUT2D eigenvalue weighted by atomic mass is 10.0. The Hall–Kier alpha value is -1.32. The molecular weight excluding hydrogens is 281 g/mol. The Morgan fingerprint density at radius 3 is 2.58 bits per heavy atom. The number of nitrogens with zero attached hydrogens (tertiary/aromatic N) is 2. The minimum atomic E-state index is 0.600. The van der Waals surface area contributed by atoms with Gasteiger partial charge in [-0.05, 0) is 31.5 Å². The molecule has 0 bridgehead atoms. The molecule has 5 heteroatoms. The topological polar surface area (TPSA) is 37.8 Å². The normalized spacial score (nSPS) is 10.5. The maximum atomic E-state index is 6.26. The van der Waals surface area contributed by atoms with Gasteiger partial charge in [-0.2, -0.15) is 0 Å². The first-order valence-electron chi connectivity index (χ1n) is 6.20. The lowest BCUT2D eigenvalue weighted by molar-refractivity contribution is 1.03. The molecule has 1 aromatic heterocycles. The van der Waals surface area contributed by atoms with Gasteiger partial charge in [0.15, 0.2) is 0 Å². The summed E-state index contributed by atoms with van der Waals surface area (Å²) in [7, 11) is 0. The monoisotopic (exact) mass is 295 g/mol. The van der Waals surface area contributed by atoms with Crippen molar-refractivity contribution in [3.05, 3.63) is 40.1 Å². The van der Waals surface area contributed by atoms with Gasteiger partial charge in [-0.3, -0.25) is 0 Å². The Labute approximate surface area is 123 Å². The van der Waals surface area contributed by atoms with Gasteiger partial charge in [0.1, 0.15) is 12.1 Å². The van der Waals surface area contributed by atoms with Crippen LogP contribution in [0.25, 0.3) is 11.3 Å². The van der Waals surface area contributed by atoms with Crippen LogP contribution in [-0.2, 0) is 6.42 Å². The summed E-state index contributed by atoms with van der Waals surface area (Å²) >= 11 is 12.2. The summed E-state index contributed by atoms with van der Waals surface area (Å²) in [5.74, 6) is 0.862. The Bertz CT molecular complexity index is 585. The van der Waals surface area contributed by atoms with Gasteiger partial charge in [-0.1, -0.05) is 30.1 Å². The highest BCUT2D eigenvalue weighted by atomic mass is 35.5. The second kappa shape index (κ2) is 6.22. The van der Waals surface area contributed by atoms with Crippen LogP contribution in [-0.4, -0.2) is 16.5 Å². The molecule has 2 rings (SSSR count). The number of anilines is 1. The molecule has 1 aromatic carbocycles. The Balaban J connectivity index is 2.58. The van der Waals surface area contributed by atoms with E-state index < -0.39 is 0 Å². The van der Waals surface area contributed by atoms with Gasteiger partial charge in [0.2, 0.25) is 0 Å². The van der Waals surface area contributed by atoms with Gasteiger partial charge in [0, 0.05) is 22.7 Å². The molecule has 19 heavy (non-hydrogen) atoms. The fourth-order valence-corrected chi connectivity index (χ4v) is 2.48. The number of hydrogen-bond acceptors (Lipinski definition) is 3. The standard InChI is InChI=1S/C14H15Cl2N3/c1-3-10-13(18-8-19-14(10)17-4-2)11-6-5-9(15)7-12(11)16/h5-8H,3-4H2,1-2H3,(H,17,18,19). The molecule has 0 unspecified atom stereocenters. The number of benzene rings is 1. The fourth-order valence-electron chi connectivity index (χ4n) is 1.98. The average molecular weight is 296 g/mol. The third kappa shape index (κ3) is 2.99. The predicted molar refractivity (Wildman–Crippen MR) is 81.0 cm³/mol. The quantitative estimate of drug-likeness (QED) is 0.906. The third-order valence-corrected chi connectivity index (χ3v) is 3.38. The SMILES string of the molecule is CCNc1ncnc(-c2ccc(Cl)cc2Cl)c1CC. The van der Waals surface area contributed by atoms with E-state index in [1.54, 1.807) is 12.4 Å². The second-order valence-corrected chi connectivity index (χ2v) is 4.90. The lowest BCUT2D eigenvalue weighted by Crippen LogP contribution is -2.05. The van der Waals surface area contributed by atoms with E-state index in [0.29, 0.717) is 10.0 Å². The molecule has 0 atom stereocenters. The zero-order chi connectivity index (χ0) is 13.8. The van der Waals surface area contributed by atoms with Gasteiger partial charge in [0.25, 0.3) is 0 Å². The highest BCUT2D eigenvalue weighted by Gasteiger charge is 2.13. The first kappa shape index (κ1) is 14.1. The van der Waals surface area contributed by atoms with Gasteiger partial charge < -0.3 is 5.32 Å². The fraction of sp³-hybridized carbons (Fsp3) is 0.286. The largest absolute Gasteiger partial charge is 0.370 e. The van der Waals surface area contributed by atoms with Crippen molar-refractivity contribution in [2.75, 3.05) is 11.9 Å². The lowest BCUT2D eigenvalue weighted by Gasteiger charge is -2.13. The van der Waals surface area contributed by atoms with Crippen molar-refractivity contribution in [3.63, 3.8) is 0 Å². The van der Waals surface area contributed by atoms with Gasteiger partial charge in [-0.15, -0.1) is 0 Å². The van der Waals surface area contributed by atoms with E-state index in [-0.39, 0.29) is 0 Å². The zero-order valence-corrected chi connectivity index (χ0v) is 12.4. The maximum absolute atomic E-state index is 6.26. The van der Waals surface area contributed by atoms with E-state index in [1.165, 1.54) is 0 Å². The van der Waals surface area contributed by atoms with Crippen molar-refractivity contribution in [3.8, 4) is 11.3 Å². The van der Waals surface area contributed by atoms with Crippen molar-refractivity contribution in [1.82, 2.24) is 9.97 Å². The predicted octanol–water partition coefficient (Wildman–Crippen LogP) is 4.44. The van der Waals surface area contributed by atoms with Crippen molar-refractivity contribution >= 4 is 29.0 Å². The van der Waals surface area contributed by atoms with E-state index in [1.807, 2.05) is 19.1 Å². The number of aromatic nitrogens is 2. The molecule has 0 aliphatic heterocycles. The third-order valence-electron chi connectivity index (χ3n) is 2.83. The molecule has 100 valence electrons. The summed E-state index contributed by atoms with van der Waals surface area (Å²) in [5, 5.41) is 4.47. The second-order valence-electron chi connectivity index (χ2n) is 4.06. The van der Waals surface area contributed by atoms with Gasteiger partial charge in [-0.25, -0.2) is 9.97 Å². The van der Waals surface area contributed by atoms with Crippen molar-refractivity contribution in [1.29, 1.82) is 0 Å². The molecule has 0 saturated carbocycles. The molecule has 0 aliphatic carbocycles. The van der Waals surface area contributed by atoms with Crippen LogP contribution in [0.15, 0.2) is 24.5 Å². The van der Waals surface area contributed by atoms with Gasteiger partial charge >= 0.3 is 0 Å². The summed E-state index contributed by atoms with van der Waals surface area (Å²) in [6.45, 7) is 4.93. The van der Waals surface area contributed by atoms with Crippen LogP contribution in [0.3, 0.4) is 0 Å². The summed E-state index contributed by atoms with van der Waals surface area (Å²) in [6, 6.07) is 5.44. The van der Waals surface area contributed by atoms with E-state index in [2.05, 4.69) is 22.2 Å². The van der Waals surface area contributed by atoms with E-state index >= 15 is 0 Å². The number of halogens is 2. The summed E-state index contributed by atoms with van der Waals surface area (Å²) in [4.78, 5) is 8.66. The van der Waals surface area contributed by atoms with Crippen molar-refractivity contribution in [2.24, 2.45) is 0 Å². The zero-order valence-electron chi connectivity index (χ0n) is 10.9. The minimum absolute atomic E-state index is 0.600. The number of hydrogen-bond donors (Lipinski definition) is 1. The van der Waals surface area contributed by atoms with Crippen LogP contribution in [0.1, 0.15) is 19.4 Å². The minimum Gasteiger partial charge on any atom is -0.370 e. The molecule has 0 amide bonds. The van der Waals surface area contributed by atoms with Crippen LogP contribution in [0.5, 0.6) is 0 Å². The molecule has 0 radical (unpaired) electrons. The summed E-state index contributed by atoms with van der Waals surface area (Å²) in [5.41, 5.74) is 2.80. The Morgan fingerprint density at radius 1 is 1.16 bits per heavy atom. The molecule has 0 spiro atoms. The van der Waals surface area contributed by atoms with Crippen LogP contribution in [0.2, 0.25) is 10.0 Å². The van der Waals surface area contributed by atoms with E-state index in [9.17, 15) is 0 Å². The number of rotatable bonds is 4. The van der Waals surface area contributed by atoms with Crippen LogP contribution in [0.4, 0.5) is 5.82 Å². The summed E-state index contributed by atoms with van der Waals surface area (Å²) < 4.78 is 0. The number of nitrogens with one attached hydrogen (secondary N) is 1. The first-order chi connectivity index (χ1) is 9.17. The van der Waals surface area contributed by atoms with Crippen molar-refractivity contribution < 1.29 is 0 Å². The smallest absolute Gasteiger partial charge is 0.133 e. The highest BCUT2D eigenvalue weighted by molar-refractivity contribution is 6.36. The van der Waals surface area contributed by atoms with Crippen LogP contribution >= 0.6 is 23.2 Å². The molecule has 2 aromatic rings. The van der Waals surface area contributed by atoms with E-state index in [4.69, 9.17) is 23.2 Å². The molecule has 0 saturated heterocycles. The van der Waals surface area contributed by atoms with Crippen molar-refractivity contribution in [2.45, 2.75) is 20.3 Å². The molecule has 3 nitrogen and oxygen atoms in total. The van der Waals surface area contributed by atoms with Crippen LogP contribution < -0.4 is 5.32 Å². The van der Waals surface area contributed by atoms with E-state index in [0.717, 1.165) is 35.6 Å². The Morgan fingerprint density at radius 2 is 1.95 bits per heavy atom. The van der Waals surface area contributed by atoms with Crippen LogP contribution in [0, 0.1) is 0 Å².